The zero-order valence-electron chi connectivity index (χ0n) is 15.0. The first-order chi connectivity index (χ1) is 12.6. The first kappa shape index (κ1) is 19.4. The van der Waals surface area contributed by atoms with Gasteiger partial charge in [-0.25, -0.2) is 0 Å². The topological polar surface area (TPSA) is 9.23 Å². The summed E-state index contributed by atoms with van der Waals surface area (Å²) in [5, 5.41) is 3.47. The predicted molar refractivity (Wildman–Crippen MR) is 120 cm³/mol. The summed E-state index contributed by atoms with van der Waals surface area (Å²) >= 11 is 0. The lowest BCUT2D eigenvalue weighted by atomic mass is 10.4. The second-order valence-corrected chi connectivity index (χ2v) is 12.4. The van der Waals surface area contributed by atoms with Gasteiger partial charge in [0.05, 0.1) is 24.7 Å². The molecule has 0 saturated carbocycles. The standard InChI is InChI=1S/C21H22B2OP2/c1-24-26(23,21-15-9-4-10-16-21)18-17-25(22,19-11-5-2-6-12-19)20-13-7-3-8-14-20/h2-16H,17-18H2,1H3. The summed E-state index contributed by atoms with van der Waals surface area (Å²) in [6.45, 7) is 0. The monoisotopic (exact) mass is 374 g/mol. The Morgan fingerprint density at radius 2 is 1.00 bits per heavy atom. The van der Waals surface area contributed by atoms with Crippen molar-refractivity contribution in [1.29, 1.82) is 0 Å². The second kappa shape index (κ2) is 8.53. The molecule has 0 aliphatic carbocycles. The molecule has 3 rings (SSSR count). The molecule has 0 aliphatic heterocycles. The summed E-state index contributed by atoms with van der Waals surface area (Å²) in [6.07, 6.45) is 1.57. The van der Waals surface area contributed by atoms with Gasteiger partial charge in [-0.2, -0.15) is 7.14 Å². The van der Waals surface area contributed by atoms with Crippen LogP contribution in [0.5, 0.6) is 0 Å². The average Bonchev–Trinajstić information content (AvgIpc) is 2.73. The third-order valence-corrected chi connectivity index (χ3v) is 11.2. The van der Waals surface area contributed by atoms with E-state index < -0.39 is 14.5 Å². The van der Waals surface area contributed by atoms with Crippen LogP contribution < -0.4 is 15.9 Å². The van der Waals surface area contributed by atoms with Crippen molar-refractivity contribution in [3.05, 3.63) is 91.0 Å². The van der Waals surface area contributed by atoms with Crippen molar-refractivity contribution in [3.8, 4) is 0 Å². The summed E-state index contributed by atoms with van der Waals surface area (Å²) in [5.41, 5.74) is 0. The molecule has 3 aromatic rings. The Balaban J connectivity index is 1.94. The van der Waals surface area contributed by atoms with E-state index in [0.717, 1.165) is 17.6 Å². The van der Waals surface area contributed by atoms with Crippen molar-refractivity contribution in [2.75, 3.05) is 19.4 Å². The van der Waals surface area contributed by atoms with Gasteiger partial charge in [0.15, 0.2) is 0 Å². The van der Waals surface area contributed by atoms with Crippen molar-refractivity contribution in [1.82, 2.24) is 0 Å². The first-order valence-corrected chi connectivity index (χ1v) is 12.6. The van der Waals surface area contributed by atoms with Crippen LogP contribution in [0, 0.1) is 0 Å². The maximum Gasteiger partial charge on any atom is 0.0737 e. The van der Waals surface area contributed by atoms with Crippen LogP contribution in [0.4, 0.5) is 0 Å². The van der Waals surface area contributed by atoms with E-state index in [9.17, 15) is 0 Å². The van der Waals surface area contributed by atoms with Crippen LogP contribution in [0.15, 0.2) is 91.0 Å². The van der Waals surface area contributed by atoms with E-state index in [2.05, 4.69) is 60.7 Å². The summed E-state index contributed by atoms with van der Waals surface area (Å²) < 4.78 is 5.84. The molecule has 26 heavy (non-hydrogen) atoms. The number of hydrogen-bond acceptors (Lipinski definition) is 1. The predicted octanol–water partition coefficient (Wildman–Crippen LogP) is 3.73. The maximum absolute atomic E-state index is 7.10. The van der Waals surface area contributed by atoms with Gasteiger partial charge in [-0.15, -0.1) is 0 Å². The first-order valence-electron chi connectivity index (χ1n) is 8.64. The molecule has 0 aliphatic rings. The molecule has 5 heteroatoms. The van der Waals surface area contributed by atoms with Crippen LogP contribution in [0.2, 0.25) is 0 Å². The Bertz CT molecular complexity index is 776. The minimum absolute atomic E-state index is 0.752. The largest absolute Gasteiger partial charge is 0.292 e. The Morgan fingerprint density at radius 3 is 1.38 bits per heavy atom. The molecule has 128 valence electrons. The highest BCUT2D eigenvalue weighted by molar-refractivity contribution is 8.09. The fourth-order valence-corrected chi connectivity index (χ4v) is 9.11. The van der Waals surface area contributed by atoms with Crippen LogP contribution >= 0.6 is 14.5 Å². The van der Waals surface area contributed by atoms with Gasteiger partial charge in [0, 0.05) is 10.6 Å². The Labute approximate surface area is 160 Å². The lowest BCUT2D eigenvalue weighted by molar-refractivity contribution is 0.463. The summed E-state index contributed by atoms with van der Waals surface area (Å²) in [6, 6.07) is 30.9. The van der Waals surface area contributed by atoms with Crippen molar-refractivity contribution < 1.29 is 4.52 Å². The van der Waals surface area contributed by atoms with Gasteiger partial charge in [-0.1, -0.05) is 62.0 Å². The maximum atomic E-state index is 7.10. The van der Waals surface area contributed by atoms with E-state index in [4.69, 9.17) is 19.7 Å². The highest BCUT2D eigenvalue weighted by Crippen LogP contribution is 2.59. The third-order valence-electron chi connectivity index (χ3n) is 4.74. The van der Waals surface area contributed by atoms with Gasteiger partial charge in [0.1, 0.15) is 0 Å². The van der Waals surface area contributed by atoms with E-state index in [-0.39, 0.29) is 0 Å². The molecule has 0 fully saturated rings. The quantitative estimate of drug-likeness (QED) is 0.453. The molecule has 0 amide bonds. The van der Waals surface area contributed by atoms with Gasteiger partial charge in [0.2, 0.25) is 0 Å². The molecule has 1 nitrogen and oxygen atoms in total. The molecule has 1 atom stereocenters. The molecule has 1 unspecified atom stereocenters. The molecule has 0 bridgehead atoms. The Hall–Kier alpha value is -1.39. The van der Waals surface area contributed by atoms with Crippen LogP contribution in [-0.4, -0.2) is 34.6 Å². The normalized spacial score (nSPS) is 14.0. The van der Waals surface area contributed by atoms with E-state index in [1.165, 1.54) is 10.6 Å². The van der Waals surface area contributed by atoms with Crippen LogP contribution in [-0.2, 0) is 4.52 Å². The van der Waals surface area contributed by atoms with Gasteiger partial charge >= 0.3 is 0 Å². The molecule has 3 aromatic carbocycles. The molecular formula is C21H22B2OP2. The molecule has 0 aromatic heterocycles. The minimum Gasteiger partial charge on any atom is -0.292 e. The summed E-state index contributed by atoms with van der Waals surface area (Å²) in [5.74, 6) is 0. The Morgan fingerprint density at radius 1 is 0.615 bits per heavy atom. The number of hydrogen-bond donors (Lipinski definition) is 0. The lowest BCUT2D eigenvalue weighted by Crippen LogP contribution is -2.28. The average molecular weight is 374 g/mol. The lowest BCUT2D eigenvalue weighted by Gasteiger charge is -2.41. The van der Waals surface area contributed by atoms with Gasteiger partial charge < -0.3 is 0 Å². The Kier molecular flexibility index (Phi) is 6.36. The SMILES string of the molecule is [B-][P+](CC[P+]([B-])(c1ccccc1)c1ccccc1)(OC)c1ccccc1. The zero-order chi connectivity index (χ0) is 18.5. The second-order valence-electron chi connectivity index (χ2n) is 6.30. The third kappa shape index (κ3) is 4.12. The smallest absolute Gasteiger partial charge is 0.0737 e. The minimum atomic E-state index is -2.19. The van der Waals surface area contributed by atoms with Crippen LogP contribution in [0.3, 0.4) is 0 Å². The molecular weight excluding hydrogens is 352 g/mol. The van der Waals surface area contributed by atoms with E-state index in [1.807, 2.05) is 30.3 Å². The van der Waals surface area contributed by atoms with E-state index >= 15 is 0 Å². The fourth-order valence-electron chi connectivity index (χ4n) is 3.11. The van der Waals surface area contributed by atoms with Gasteiger partial charge in [-0.3, -0.25) is 19.7 Å². The highest BCUT2D eigenvalue weighted by Gasteiger charge is 2.30. The number of benzene rings is 3. The van der Waals surface area contributed by atoms with Crippen molar-refractivity contribution >= 4 is 45.6 Å². The molecule has 0 heterocycles. The van der Waals surface area contributed by atoms with Crippen LogP contribution in [0.25, 0.3) is 0 Å². The van der Waals surface area contributed by atoms with Gasteiger partial charge in [-0.05, 0) is 36.4 Å². The number of rotatable bonds is 7. The van der Waals surface area contributed by atoms with Gasteiger partial charge in [0.25, 0.3) is 0 Å². The molecule has 6 radical (unpaired) electrons. The fraction of sp³-hybridized carbons (Fsp3) is 0.143. The van der Waals surface area contributed by atoms with Crippen molar-refractivity contribution in [2.45, 2.75) is 0 Å². The van der Waals surface area contributed by atoms with E-state index in [1.54, 1.807) is 7.11 Å². The zero-order valence-corrected chi connectivity index (χ0v) is 16.8. The highest BCUT2D eigenvalue weighted by atomic mass is 31.2. The molecule has 0 saturated heterocycles. The summed E-state index contributed by atoms with van der Waals surface area (Å²) in [4.78, 5) is 0. The van der Waals surface area contributed by atoms with E-state index in [0.29, 0.717) is 0 Å². The van der Waals surface area contributed by atoms with Crippen molar-refractivity contribution in [2.24, 2.45) is 0 Å². The van der Waals surface area contributed by atoms with Crippen LogP contribution in [0.1, 0.15) is 0 Å². The molecule has 0 N–H and O–H groups in total. The molecule has 0 spiro atoms. The summed E-state index contributed by atoms with van der Waals surface area (Å²) in [7, 11) is 11.3. The van der Waals surface area contributed by atoms with Crippen molar-refractivity contribution in [3.63, 3.8) is 0 Å².